The molecular weight excluding hydrogens is 274 g/mol. The molecule has 122 valence electrons. The summed E-state index contributed by atoms with van der Waals surface area (Å²) in [5.41, 5.74) is 7.90. The number of amides is 1. The lowest BCUT2D eigenvalue weighted by Crippen LogP contribution is -2.41. The highest BCUT2D eigenvalue weighted by Gasteiger charge is 2.27. The molecular formula is C18H29N3O. The minimum atomic E-state index is 0.195. The Bertz CT molecular complexity index is 493. The number of anilines is 1. The molecule has 0 spiro atoms. The zero-order chi connectivity index (χ0) is 16.1. The normalized spacial score (nSPS) is 16.9. The van der Waals surface area contributed by atoms with E-state index in [2.05, 4.69) is 24.8 Å². The Balaban J connectivity index is 1.81. The van der Waals surface area contributed by atoms with Gasteiger partial charge in [-0.2, -0.15) is 0 Å². The van der Waals surface area contributed by atoms with Crippen LogP contribution in [0.5, 0.6) is 0 Å². The number of piperidine rings is 1. The van der Waals surface area contributed by atoms with Crippen LogP contribution in [0.3, 0.4) is 0 Å². The largest absolute Gasteiger partial charge is 0.399 e. The van der Waals surface area contributed by atoms with E-state index in [0.29, 0.717) is 11.8 Å². The molecule has 0 atom stereocenters. The molecule has 4 nitrogen and oxygen atoms in total. The Morgan fingerprint density at radius 1 is 1.36 bits per heavy atom. The summed E-state index contributed by atoms with van der Waals surface area (Å²) in [6, 6.07) is 8.07. The predicted molar refractivity (Wildman–Crippen MR) is 91.3 cm³/mol. The number of nitrogen functional groups attached to an aromatic ring is 1. The third kappa shape index (κ3) is 4.73. The Morgan fingerprint density at radius 2 is 2.05 bits per heavy atom. The lowest BCUT2D eigenvalue weighted by Gasteiger charge is -2.33. The summed E-state index contributed by atoms with van der Waals surface area (Å²) in [7, 11) is 1.93. The number of hydrogen-bond acceptors (Lipinski definition) is 3. The van der Waals surface area contributed by atoms with Crippen LogP contribution < -0.4 is 5.73 Å². The fraction of sp³-hybridized carbons (Fsp3) is 0.611. The topological polar surface area (TPSA) is 49.6 Å². The number of nitrogens with zero attached hydrogens (tertiary/aromatic N) is 2. The maximum atomic E-state index is 12.4. The number of hydrogen-bond donors (Lipinski definition) is 1. The quantitative estimate of drug-likeness (QED) is 0.851. The van der Waals surface area contributed by atoms with E-state index in [9.17, 15) is 4.79 Å². The fourth-order valence-corrected chi connectivity index (χ4v) is 3.24. The number of rotatable bonds is 5. The van der Waals surface area contributed by atoms with Crippen molar-refractivity contribution in [3.05, 3.63) is 29.8 Å². The molecule has 1 aliphatic rings. The molecule has 0 unspecified atom stereocenters. The molecule has 1 heterocycles. The average molecular weight is 303 g/mol. The van der Waals surface area contributed by atoms with Crippen molar-refractivity contribution in [1.29, 1.82) is 0 Å². The van der Waals surface area contributed by atoms with Crippen molar-refractivity contribution in [3.63, 3.8) is 0 Å². The Morgan fingerprint density at radius 3 is 2.64 bits per heavy atom. The van der Waals surface area contributed by atoms with Gasteiger partial charge in [-0.1, -0.05) is 26.0 Å². The van der Waals surface area contributed by atoms with Gasteiger partial charge in [0.1, 0.15) is 0 Å². The van der Waals surface area contributed by atoms with Crippen molar-refractivity contribution in [2.75, 3.05) is 32.4 Å². The summed E-state index contributed by atoms with van der Waals surface area (Å²) in [5, 5.41) is 0. The minimum absolute atomic E-state index is 0.195. The second-order valence-electron chi connectivity index (χ2n) is 6.91. The van der Waals surface area contributed by atoms with E-state index in [1.54, 1.807) is 0 Å². The first-order valence-electron chi connectivity index (χ1n) is 8.27. The monoisotopic (exact) mass is 303 g/mol. The molecule has 1 aliphatic heterocycles. The van der Waals surface area contributed by atoms with Crippen molar-refractivity contribution in [3.8, 4) is 0 Å². The number of nitrogens with two attached hydrogens (primary N) is 1. The van der Waals surface area contributed by atoms with Crippen LogP contribution in [0.25, 0.3) is 0 Å². The summed E-state index contributed by atoms with van der Waals surface area (Å²) >= 11 is 0. The zero-order valence-corrected chi connectivity index (χ0v) is 14.1. The van der Waals surface area contributed by atoms with Crippen molar-refractivity contribution >= 4 is 11.6 Å². The summed E-state index contributed by atoms with van der Waals surface area (Å²) in [6.45, 7) is 8.05. The molecule has 0 aliphatic carbocycles. The van der Waals surface area contributed by atoms with Gasteiger partial charge in [0.05, 0.1) is 0 Å². The Kier molecular flexibility index (Phi) is 5.83. The minimum Gasteiger partial charge on any atom is -0.399 e. The van der Waals surface area contributed by atoms with Crippen LogP contribution in [0.1, 0.15) is 32.3 Å². The predicted octanol–water partition coefficient (Wildman–Crippen LogP) is 2.60. The third-order valence-electron chi connectivity index (χ3n) is 4.31. The first kappa shape index (κ1) is 16.8. The van der Waals surface area contributed by atoms with Crippen LogP contribution >= 0.6 is 0 Å². The van der Waals surface area contributed by atoms with E-state index in [-0.39, 0.29) is 5.92 Å². The molecule has 0 bridgehead atoms. The number of carbonyl (C=O) groups is 1. The van der Waals surface area contributed by atoms with Crippen molar-refractivity contribution in [2.45, 2.75) is 33.2 Å². The summed E-state index contributed by atoms with van der Waals surface area (Å²) in [6.07, 6.45) is 1.92. The average Bonchev–Trinajstić information content (AvgIpc) is 2.46. The van der Waals surface area contributed by atoms with Gasteiger partial charge >= 0.3 is 0 Å². The molecule has 0 aromatic heterocycles. The molecule has 4 heteroatoms. The smallest absolute Gasteiger partial charge is 0.225 e. The SMILES string of the molecule is CC(C)CN(C)C(=O)C1CCN(Cc2cccc(N)c2)CC1. The standard InChI is InChI=1S/C18H29N3O/c1-14(2)12-20(3)18(22)16-7-9-21(10-8-16)13-15-5-4-6-17(19)11-15/h4-6,11,14,16H,7-10,12-13,19H2,1-3H3. The molecule has 2 N–H and O–H groups in total. The molecule has 1 aromatic carbocycles. The van der Waals surface area contributed by atoms with Crippen LogP contribution in [-0.4, -0.2) is 42.4 Å². The van der Waals surface area contributed by atoms with Gasteiger partial charge in [-0.15, -0.1) is 0 Å². The van der Waals surface area contributed by atoms with Crippen LogP contribution in [0.4, 0.5) is 5.69 Å². The second-order valence-corrected chi connectivity index (χ2v) is 6.91. The van der Waals surface area contributed by atoms with E-state index >= 15 is 0 Å². The van der Waals surface area contributed by atoms with Crippen molar-refractivity contribution < 1.29 is 4.79 Å². The highest BCUT2D eigenvalue weighted by atomic mass is 16.2. The molecule has 1 saturated heterocycles. The van der Waals surface area contributed by atoms with Gasteiger partial charge in [0.2, 0.25) is 5.91 Å². The summed E-state index contributed by atoms with van der Waals surface area (Å²) in [5.74, 6) is 1.04. The maximum Gasteiger partial charge on any atom is 0.225 e. The van der Waals surface area contributed by atoms with E-state index in [1.165, 1.54) is 5.56 Å². The molecule has 1 fully saturated rings. The van der Waals surface area contributed by atoms with Gasteiger partial charge in [0.25, 0.3) is 0 Å². The van der Waals surface area contributed by atoms with E-state index in [4.69, 9.17) is 5.73 Å². The van der Waals surface area contributed by atoms with Crippen molar-refractivity contribution in [2.24, 2.45) is 11.8 Å². The van der Waals surface area contributed by atoms with Crippen LogP contribution in [0, 0.1) is 11.8 Å². The van der Waals surface area contributed by atoms with Crippen LogP contribution in [0.15, 0.2) is 24.3 Å². The van der Waals surface area contributed by atoms with Gasteiger partial charge in [-0.3, -0.25) is 9.69 Å². The number of likely N-dealkylation sites (tertiary alicyclic amines) is 1. The van der Waals surface area contributed by atoms with Gasteiger partial charge in [-0.05, 0) is 49.5 Å². The van der Waals surface area contributed by atoms with Gasteiger partial charge in [-0.25, -0.2) is 0 Å². The third-order valence-corrected chi connectivity index (χ3v) is 4.31. The Labute approximate surface area is 134 Å². The van der Waals surface area contributed by atoms with Crippen molar-refractivity contribution in [1.82, 2.24) is 9.80 Å². The molecule has 0 saturated carbocycles. The summed E-state index contributed by atoms with van der Waals surface area (Å²) < 4.78 is 0. The first-order chi connectivity index (χ1) is 10.5. The summed E-state index contributed by atoms with van der Waals surface area (Å²) in [4.78, 5) is 16.8. The van der Waals surface area contributed by atoms with E-state index in [0.717, 1.165) is 44.7 Å². The van der Waals surface area contributed by atoms with Crippen LogP contribution in [0.2, 0.25) is 0 Å². The zero-order valence-electron chi connectivity index (χ0n) is 14.1. The second kappa shape index (κ2) is 7.63. The highest BCUT2D eigenvalue weighted by molar-refractivity contribution is 5.78. The van der Waals surface area contributed by atoms with E-state index in [1.807, 2.05) is 30.1 Å². The fourth-order valence-electron chi connectivity index (χ4n) is 3.24. The molecule has 2 rings (SSSR count). The van der Waals surface area contributed by atoms with Crippen LogP contribution in [-0.2, 0) is 11.3 Å². The van der Waals surface area contributed by atoms with Gasteiger partial charge in [0, 0.05) is 31.7 Å². The molecule has 22 heavy (non-hydrogen) atoms. The molecule has 1 amide bonds. The maximum absolute atomic E-state index is 12.4. The first-order valence-corrected chi connectivity index (χ1v) is 8.27. The molecule has 0 radical (unpaired) electrons. The van der Waals surface area contributed by atoms with E-state index < -0.39 is 0 Å². The van der Waals surface area contributed by atoms with Gasteiger partial charge in [0.15, 0.2) is 0 Å². The number of carbonyl (C=O) groups excluding carboxylic acids is 1. The Hall–Kier alpha value is -1.55. The number of benzene rings is 1. The highest BCUT2D eigenvalue weighted by Crippen LogP contribution is 2.21. The van der Waals surface area contributed by atoms with Gasteiger partial charge < -0.3 is 10.6 Å². The lowest BCUT2D eigenvalue weighted by molar-refractivity contribution is -0.136. The lowest BCUT2D eigenvalue weighted by atomic mass is 9.94. The molecule has 1 aromatic rings.